The quantitative estimate of drug-likeness (QED) is 0.848. The third kappa shape index (κ3) is 6.67. The maximum Gasteiger partial charge on any atom is 0.159 e. The van der Waals surface area contributed by atoms with Gasteiger partial charge in [-0.1, -0.05) is 50.6 Å². The van der Waals surface area contributed by atoms with Gasteiger partial charge in [0.05, 0.1) is 0 Å². The Morgan fingerprint density at radius 3 is 1.74 bits per heavy atom. The Morgan fingerprint density at radius 2 is 1.32 bits per heavy atom. The lowest BCUT2D eigenvalue weighted by Gasteiger charge is -2.00. The molecule has 104 valence electrons. The van der Waals surface area contributed by atoms with Gasteiger partial charge >= 0.3 is 0 Å². The molecule has 0 aliphatic rings. The van der Waals surface area contributed by atoms with Gasteiger partial charge in [0.2, 0.25) is 0 Å². The zero-order valence-corrected chi connectivity index (χ0v) is 12.6. The highest BCUT2D eigenvalue weighted by Crippen LogP contribution is 2.14. The Kier molecular flexibility index (Phi) is 9.27. The van der Waals surface area contributed by atoms with Crippen LogP contribution in [0.25, 0.3) is 11.4 Å². The van der Waals surface area contributed by atoms with Gasteiger partial charge in [0, 0.05) is 18.0 Å². The predicted molar refractivity (Wildman–Crippen MR) is 83.0 cm³/mol. The third-order valence-corrected chi connectivity index (χ3v) is 2.09. The molecule has 0 aliphatic carbocycles. The first-order valence-electron chi connectivity index (χ1n) is 6.73. The highest BCUT2D eigenvalue weighted by molar-refractivity contribution is 5.54. The van der Waals surface area contributed by atoms with Crippen molar-refractivity contribution in [1.82, 2.24) is 9.97 Å². The van der Waals surface area contributed by atoms with Gasteiger partial charge in [-0.2, -0.15) is 0 Å². The lowest BCUT2D eigenvalue weighted by Crippen LogP contribution is -1.88. The van der Waals surface area contributed by atoms with Crippen LogP contribution in [0.3, 0.4) is 0 Å². The summed E-state index contributed by atoms with van der Waals surface area (Å²) >= 11 is 0. The Hall–Kier alpha value is -1.74. The minimum absolute atomic E-state index is 0.750. The molecule has 1 aromatic carbocycles. The number of hydrogen-bond donors (Lipinski definition) is 1. The molecule has 3 nitrogen and oxygen atoms in total. The van der Waals surface area contributed by atoms with Crippen LogP contribution in [0.2, 0.25) is 0 Å². The van der Waals surface area contributed by atoms with Gasteiger partial charge in [0.15, 0.2) is 5.82 Å². The van der Waals surface area contributed by atoms with E-state index < -0.39 is 0 Å². The number of benzene rings is 1. The molecular formula is C16H25N3. The molecule has 1 heterocycles. The highest BCUT2D eigenvalue weighted by atomic mass is 14.9. The minimum Gasteiger partial charge on any atom is -0.331 e. The van der Waals surface area contributed by atoms with E-state index in [1.165, 1.54) is 5.56 Å². The van der Waals surface area contributed by atoms with Gasteiger partial charge < -0.3 is 5.73 Å². The first-order valence-corrected chi connectivity index (χ1v) is 6.73. The van der Waals surface area contributed by atoms with Crippen molar-refractivity contribution < 1.29 is 0 Å². The van der Waals surface area contributed by atoms with Gasteiger partial charge in [-0.15, -0.1) is 0 Å². The second-order valence-corrected chi connectivity index (χ2v) is 3.86. The van der Waals surface area contributed by atoms with E-state index in [-0.39, 0.29) is 0 Å². The molecule has 0 unspecified atom stereocenters. The first-order chi connectivity index (χ1) is 9.17. The van der Waals surface area contributed by atoms with E-state index >= 15 is 0 Å². The molecule has 0 bridgehead atoms. The summed E-state index contributed by atoms with van der Waals surface area (Å²) < 4.78 is 0. The molecule has 2 N–H and O–H groups in total. The molecule has 0 saturated heterocycles. The molecular weight excluding hydrogens is 234 g/mol. The number of aromatic nitrogens is 2. The molecule has 0 amide bonds. The van der Waals surface area contributed by atoms with Crippen LogP contribution in [0.4, 0.5) is 0 Å². The van der Waals surface area contributed by atoms with E-state index in [9.17, 15) is 0 Å². The normalized spacial score (nSPS) is 8.74. The van der Waals surface area contributed by atoms with Crippen molar-refractivity contribution in [3.8, 4) is 11.4 Å². The maximum atomic E-state index is 4.85. The summed E-state index contributed by atoms with van der Waals surface area (Å²) in [6.07, 6.45) is 3.67. The Balaban J connectivity index is 0.000000573. The van der Waals surface area contributed by atoms with Crippen molar-refractivity contribution in [2.45, 2.75) is 34.6 Å². The molecule has 1 aromatic heterocycles. The van der Waals surface area contributed by atoms with Crippen LogP contribution in [0.15, 0.2) is 36.7 Å². The van der Waals surface area contributed by atoms with Crippen LogP contribution in [0, 0.1) is 13.8 Å². The van der Waals surface area contributed by atoms with E-state index in [1.807, 2.05) is 52.2 Å². The average molecular weight is 259 g/mol. The second-order valence-electron chi connectivity index (χ2n) is 3.86. The smallest absolute Gasteiger partial charge is 0.159 e. The molecule has 19 heavy (non-hydrogen) atoms. The number of rotatable bonds is 1. The Labute approximate surface area is 116 Å². The zero-order chi connectivity index (χ0) is 14.7. The minimum atomic E-state index is 0.750. The first kappa shape index (κ1) is 17.3. The van der Waals surface area contributed by atoms with Gasteiger partial charge in [-0.25, -0.2) is 9.97 Å². The zero-order valence-electron chi connectivity index (χ0n) is 12.6. The van der Waals surface area contributed by atoms with Gasteiger partial charge in [0.1, 0.15) is 0 Å². The van der Waals surface area contributed by atoms with Crippen LogP contribution >= 0.6 is 0 Å². The number of nitrogens with two attached hydrogens (primary N) is 1. The van der Waals surface area contributed by atoms with E-state index in [0.717, 1.165) is 23.5 Å². The molecule has 0 radical (unpaired) electrons. The summed E-state index contributed by atoms with van der Waals surface area (Å²) in [4.78, 5) is 8.53. The van der Waals surface area contributed by atoms with Gasteiger partial charge in [-0.3, -0.25) is 0 Å². The third-order valence-electron chi connectivity index (χ3n) is 2.09. The lowest BCUT2D eigenvalue weighted by molar-refractivity contribution is 1.14. The van der Waals surface area contributed by atoms with Crippen molar-refractivity contribution >= 4 is 0 Å². The van der Waals surface area contributed by atoms with E-state index in [2.05, 4.69) is 29.0 Å². The predicted octanol–water partition coefficient (Wildman–Crippen LogP) is 3.75. The summed E-state index contributed by atoms with van der Waals surface area (Å²) in [7, 11) is 0. The van der Waals surface area contributed by atoms with E-state index in [0.29, 0.717) is 0 Å². The van der Waals surface area contributed by atoms with Crippen molar-refractivity contribution in [2.75, 3.05) is 6.54 Å². The molecule has 0 aliphatic heterocycles. The van der Waals surface area contributed by atoms with Crippen LogP contribution in [0.5, 0.6) is 0 Å². The fourth-order valence-corrected chi connectivity index (χ4v) is 1.24. The summed E-state index contributed by atoms with van der Waals surface area (Å²) in [6.45, 7) is 10.7. The molecule has 3 heteroatoms. The van der Waals surface area contributed by atoms with Crippen molar-refractivity contribution in [3.63, 3.8) is 0 Å². The van der Waals surface area contributed by atoms with Crippen molar-refractivity contribution in [3.05, 3.63) is 47.8 Å². The van der Waals surface area contributed by atoms with Crippen LogP contribution in [0.1, 0.15) is 31.9 Å². The number of nitrogens with zero attached hydrogens (tertiary/aromatic N) is 2. The van der Waals surface area contributed by atoms with Crippen molar-refractivity contribution in [1.29, 1.82) is 0 Å². The fourth-order valence-electron chi connectivity index (χ4n) is 1.24. The topological polar surface area (TPSA) is 51.8 Å². The maximum absolute atomic E-state index is 4.85. The monoisotopic (exact) mass is 259 g/mol. The molecule has 2 rings (SSSR count). The fraction of sp³-hybridized carbons (Fsp3) is 0.375. The molecule has 0 spiro atoms. The Bertz CT molecular complexity index is 389. The standard InChI is InChI=1S/C12H12N2.C2H7N.C2H6/c1-9-3-5-11(6-4-9)12-13-7-10(2)8-14-12;1-2-3;1-2/h3-8H,1-2H3;2-3H2,1H3;1-2H3. The van der Waals surface area contributed by atoms with E-state index in [4.69, 9.17) is 5.73 Å². The summed E-state index contributed by atoms with van der Waals surface area (Å²) in [5.41, 5.74) is 8.25. The highest BCUT2D eigenvalue weighted by Gasteiger charge is 1.98. The van der Waals surface area contributed by atoms with Crippen LogP contribution in [-0.4, -0.2) is 16.5 Å². The molecule has 0 saturated carbocycles. The number of hydrogen-bond acceptors (Lipinski definition) is 3. The number of aryl methyl sites for hydroxylation is 2. The van der Waals surface area contributed by atoms with E-state index in [1.54, 1.807) is 0 Å². The lowest BCUT2D eigenvalue weighted by atomic mass is 10.1. The summed E-state index contributed by atoms with van der Waals surface area (Å²) in [5, 5.41) is 0. The second kappa shape index (κ2) is 10.2. The summed E-state index contributed by atoms with van der Waals surface area (Å²) in [5.74, 6) is 0.788. The molecule has 0 fully saturated rings. The molecule has 2 aromatic rings. The summed E-state index contributed by atoms with van der Waals surface area (Å²) in [6, 6.07) is 8.22. The average Bonchev–Trinajstić information content (AvgIpc) is 2.44. The van der Waals surface area contributed by atoms with Gasteiger partial charge in [-0.05, 0) is 26.0 Å². The van der Waals surface area contributed by atoms with Gasteiger partial charge in [0.25, 0.3) is 0 Å². The molecule has 0 atom stereocenters. The largest absolute Gasteiger partial charge is 0.331 e. The van der Waals surface area contributed by atoms with Crippen LogP contribution < -0.4 is 5.73 Å². The van der Waals surface area contributed by atoms with Crippen LogP contribution in [-0.2, 0) is 0 Å². The SMILES string of the molecule is CC.CCN.Cc1ccc(-c2ncc(C)cn2)cc1. The van der Waals surface area contributed by atoms with Crippen molar-refractivity contribution in [2.24, 2.45) is 5.73 Å². The Morgan fingerprint density at radius 1 is 0.895 bits per heavy atom.